The van der Waals surface area contributed by atoms with Crippen molar-refractivity contribution in [1.82, 2.24) is 9.88 Å². The van der Waals surface area contributed by atoms with Crippen LogP contribution in [0.1, 0.15) is 31.1 Å². The molecule has 0 spiro atoms. The van der Waals surface area contributed by atoms with E-state index >= 15 is 0 Å². The van der Waals surface area contributed by atoms with Crippen molar-refractivity contribution in [3.05, 3.63) is 84.9 Å². The summed E-state index contributed by atoms with van der Waals surface area (Å²) < 4.78 is 11.9. The van der Waals surface area contributed by atoms with Crippen LogP contribution in [0.25, 0.3) is 0 Å². The van der Waals surface area contributed by atoms with Crippen molar-refractivity contribution in [2.75, 3.05) is 18.0 Å². The van der Waals surface area contributed by atoms with Crippen molar-refractivity contribution in [2.45, 2.75) is 32.9 Å². The van der Waals surface area contributed by atoms with Crippen LogP contribution >= 0.6 is 0 Å². The van der Waals surface area contributed by atoms with Crippen LogP contribution < -0.4 is 14.4 Å². The summed E-state index contributed by atoms with van der Waals surface area (Å²) >= 11 is 0. The number of hydrogen-bond acceptors (Lipinski definition) is 6. The number of benzene rings is 2. The summed E-state index contributed by atoms with van der Waals surface area (Å²) in [4.78, 5) is 33.1. The number of pyridine rings is 1. The van der Waals surface area contributed by atoms with Crippen molar-refractivity contribution in [3.8, 4) is 23.1 Å². The van der Waals surface area contributed by atoms with Gasteiger partial charge in [0, 0.05) is 25.2 Å². The number of Topliss-reactive ketones (excluding diaryl/α,β-unsaturated/α-hetero) is 1. The molecule has 3 aromatic rings. The summed E-state index contributed by atoms with van der Waals surface area (Å²) in [6, 6.07) is 20.3. The van der Waals surface area contributed by atoms with Gasteiger partial charge in [0.2, 0.25) is 11.8 Å². The van der Waals surface area contributed by atoms with E-state index in [1.165, 1.54) is 13.0 Å². The van der Waals surface area contributed by atoms with Gasteiger partial charge in [-0.15, -0.1) is 0 Å². The second-order valence-corrected chi connectivity index (χ2v) is 8.61. The van der Waals surface area contributed by atoms with E-state index in [1.807, 2.05) is 55.1 Å². The van der Waals surface area contributed by atoms with E-state index in [0.29, 0.717) is 36.0 Å². The van der Waals surface area contributed by atoms with Crippen molar-refractivity contribution in [1.29, 1.82) is 0 Å². The lowest BCUT2D eigenvalue weighted by atomic mass is 10.1. The minimum absolute atomic E-state index is 0.00693. The first-order valence-electron chi connectivity index (χ1n) is 11.6. The molecule has 4 rings (SSSR count). The highest BCUT2D eigenvalue weighted by Crippen LogP contribution is 2.31. The van der Waals surface area contributed by atoms with Gasteiger partial charge in [-0.25, -0.2) is 0 Å². The maximum Gasteiger partial charge on any atom is 0.246 e. The first kappa shape index (κ1) is 24.0. The van der Waals surface area contributed by atoms with Gasteiger partial charge in [0.1, 0.15) is 23.1 Å². The number of ether oxygens (including phenoxy) is 2. The summed E-state index contributed by atoms with van der Waals surface area (Å²) in [5, 5.41) is 0. The lowest BCUT2D eigenvalue weighted by Gasteiger charge is -2.44. The highest BCUT2D eigenvalue weighted by atomic mass is 16.5. The van der Waals surface area contributed by atoms with Crippen LogP contribution in [0.3, 0.4) is 0 Å². The van der Waals surface area contributed by atoms with Gasteiger partial charge in [-0.1, -0.05) is 24.8 Å². The largest absolute Gasteiger partial charge is 0.457 e. The molecular weight excluding hydrogens is 442 g/mol. The van der Waals surface area contributed by atoms with Gasteiger partial charge in [-0.05, 0) is 75.4 Å². The normalized spacial score (nSPS) is 17.6. The molecule has 0 saturated carbocycles. The minimum atomic E-state index is -0.133. The Morgan fingerprint density at radius 2 is 1.51 bits per heavy atom. The average Bonchev–Trinajstić information content (AvgIpc) is 2.86. The van der Waals surface area contributed by atoms with Gasteiger partial charge < -0.3 is 19.3 Å². The van der Waals surface area contributed by atoms with E-state index < -0.39 is 0 Å². The summed E-state index contributed by atoms with van der Waals surface area (Å²) in [6.45, 7) is 10.3. The number of para-hydroxylation sites is 1. The highest BCUT2D eigenvalue weighted by Gasteiger charge is 2.32. The van der Waals surface area contributed by atoms with Gasteiger partial charge in [0.25, 0.3) is 0 Å². The van der Waals surface area contributed by atoms with Gasteiger partial charge in [0.15, 0.2) is 5.78 Å². The second kappa shape index (κ2) is 10.4. The minimum Gasteiger partial charge on any atom is -0.457 e. The number of carbonyl (C=O) groups is 2. The number of amides is 1. The molecule has 1 saturated heterocycles. The van der Waals surface area contributed by atoms with Crippen LogP contribution in [-0.2, 0) is 4.79 Å². The molecule has 2 heterocycles. The maximum atomic E-state index is 12.3. The lowest BCUT2D eigenvalue weighted by molar-refractivity contribution is -0.128. The molecule has 180 valence electrons. The Kier molecular flexibility index (Phi) is 7.15. The number of piperazine rings is 1. The SMILES string of the molecule is C=CC(=O)N1C[C@H](C)N(c2ccc(C(C)=O)c(Oc3ccc(Oc4ccccc4)cc3)n2)C[C@@H]1C. The highest BCUT2D eigenvalue weighted by molar-refractivity contribution is 5.96. The summed E-state index contributed by atoms with van der Waals surface area (Å²) in [5.41, 5.74) is 0.402. The molecule has 0 bridgehead atoms. The van der Waals surface area contributed by atoms with Crippen LogP contribution in [0, 0.1) is 0 Å². The molecule has 0 N–H and O–H groups in total. The van der Waals surface area contributed by atoms with E-state index in [4.69, 9.17) is 14.5 Å². The Balaban J connectivity index is 1.54. The van der Waals surface area contributed by atoms with Gasteiger partial charge in [-0.2, -0.15) is 4.98 Å². The predicted octanol–water partition coefficient (Wildman–Crippen LogP) is 5.48. The predicted molar refractivity (Wildman–Crippen MR) is 135 cm³/mol. The third-order valence-corrected chi connectivity index (χ3v) is 5.98. The van der Waals surface area contributed by atoms with E-state index in [2.05, 4.69) is 11.5 Å². The summed E-state index contributed by atoms with van der Waals surface area (Å²) in [5.74, 6) is 2.69. The first-order chi connectivity index (χ1) is 16.9. The number of nitrogens with zero attached hydrogens (tertiary/aromatic N) is 3. The van der Waals surface area contributed by atoms with Crippen molar-refractivity contribution < 1.29 is 19.1 Å². The third-order valence-electron chi connectivity index (χ3n) is 5.98. The Labute approximate surface area is 205 Å². The van der Waals surface area contributed by atoms with E-state index in [9.17, 15) is 9.59 Å². The number of aromatic nitrogens is 1. The number of hydrogen-bond donors (Lipinski definition) is 0. The van der Waals surface area contributed by atoms with Crippen LogP contribution in [0.2, 0.25) is 0 Å². The van der Waals surface area contributed by atoms with Gasteiger partial charge >= 0.3 is 0 Å². The monoisotopic (exact) mass is 471 g/mol. The number of rotatable bonds is 7. The molecule has 1 fully saturated rings. The Bertz CT molecular complexity index is 1210. The van der Waals surface area contributed by atoms with Gasteiger partial charge in [0.05, 0.1) is 5.56 Å². The zero-order chi connectivity index (χ0) is 24.9. The Morgan fingerprint density at radius 1 is 0.886 bits per heavy atom. The molecule has 7 nitrogen and oxygen atoms in total. The molecule has 2 aromatic carbocycles. The zero-order valence-electron chi connectivity index (χ0n) is 20.2. The number of carbonyl (C=O) groups excluding carboxylic acids is 2. The van der Waals surface area contributed by atoms with Crippen LogP contribution in [0.15, 0.2) is 79.4 Å². The van der Waals surface area contributed by atoms with Gasteiger partial charge in [-0.3, -0.25) is 9.59 Å². The zero-order valence-corrected chi connectivity index (χ0v) is 20.2. The number of ketones is 1. The quantitative estimate of drug-likeness (QED) is 0.336. The lowest BCUT2D eigenvalue weighted by Crippen LogP contribution is -2.58. The molecule has 0 aliphatic carbocycles. The summed E-state index contributed by atoms with van der Waals surface area (Å²) in [6.07, 6.45) is 1.35. The maximum absolute atomic E-state index is 12.3. The van der Waals surface area contributed by atoms with Crippen LogP contribution in [0.5, 0.6) is 23.1 Å². The fourth-order valence-electron chi connectivity index (χ4n) is 4.12. The van der Waals surface area contributed by atoms with E-state index in [1.54, 1.807) is 30.3 Å². The molecule has 1 amide bonds. The van der Waals surface area contributed by atoms with Crippen molar-refractivity contribution in [2.24, 2.45) is 0 Å². The van der Waals surface area contributed by atoms with Crippen molar-refractivity contribution in [3.63, 3.8) is 0 Å². The Hall–Kier alpha value is -4.13. The molecule has 1 aromatic heterocycles. The second-order valence-electron chi connectivity index (χ2n) is 8.61. The van der Waals surface area contributed by atoms with Crippen LogP contribution in [-0.4, -0.2) is 46.7 Å². The fraction of sp³-hybridized carbons (Fsp3) is 0.250. The van der Waals surface area contributed by atoms with Crippen LogP contribution in [0.4, 0.5) is 5.82 Å². The third kappa shape index (κ3) is 5.51. The number of anilines is 1. The average molecular weight is 472 g/mol. The molecule has 0 radical (unpaired) electrons. The van der Waals surface area contributed by atoms with E-state index in [-0.39, 0.29) is 29.7 Å². The van der Waals surface area contributed by atoms with E-state index in [0.717, 1.165) is 5.75 Å². The first-order valence-corrected chi connectivity index (χ1v) is 11.6. The Morgan fingerprint density at radius 3 is 2.14 bits per heavy atom. The summed E-state index contributed by atoms with van der Waals surface area (Å²) in [7, 11) is 0. The molecule has 2 atom stereocenters. The smallest absolute Gasteiger partial charge is 0.246 e. The molecular formula is C28H29N3O4. The molecule has 0 unspecified atom stereocenters. The fourth-order valence-corrected chi connectivity index (χ4v) is 4.12. The molecule has 35 heavy (non-hydrogen) atoms. The van der Waals surface area contributed by atoms with Crippen molar-refractivity contribution >= 4 is 17.5 Å². The molecule has 7 heteroatoms. The standard InChI is InChI=1S/C28H29N3O4/c1-5-27(33)31-18-19(2)30(17-20(31)3)26-16-15-25(21(4)32)28(29-26)35-24-13-11-23(12-14-24)34-22-9-7-6-8-10-22/h5-16,19-20H,1,17-18H2,2-4H3/t19-,20-/m0/s1. The molecule has 1 aliphatic heterocycles. The topological polar surface area (TPSA) is 72.0 Å². The molecule has 1 aliphatic rings.